The molecule has 0 saturated heterocycles. The number of rotatable bonds is 7. The maximum absolute atomic E-state index is 13.0. The minimum absolute atomic E-state index is 0.00337. The van der Waals surface area contributed by atoms with Crippen molar-refractivity contribution < 1.29 is 5.11 Å². The normalized spacial score (nSPS) is 11.3. The molecule has 0 bridgehead atoms. The minimum atomic E-state index is -0.512. The van der Waals surface area contributed by atoms with Crippen LogP contribution in [0.4, 0.5) is 5.69 Å². The Balaban J connectivity index is 1.42. The molecule has 36 heavy (non-hydrogen) atoms. The molecule has 9 heteroatoms. The summed E-state index contributed by atoms with van der Waals surface area (Å²) < 4.78 is 2.97. The first-order valence-corrected chi connectivity index (χ1v) is 11.4. The lowest BCUT2D eigenvalue weighted by Crippen LogP contribution is -2.26. The number of aromatic amines is 1. The van der Waals surface area contributed by atoms with Gasteiger partial charge in [0.25, 0.3) is 5.56 Å². The summed E-state index contributed by atoms with van der Waals surface area (Å²) in [4.78, 5) is 24.6. The molecule has 0 radical (unpaired) electrons. The van der Waals surface area contributed by atoms with Crippen molar-refractivity contribution in [2.75, 3.05) is 0 Å². The third kappa shape index (κ3) is 4.40. The van der Waals surface area contributed by atoms with Crippen LogP contribution in [0.25, 0.3) is 10.9 Å². The molecule has 0 atom stereocenters. The molecule has 3 heterocycles. The van der Waals surface area contributed by atoms with Crippen LogP contribution in [0.1, 0.15) is 27.8 Å². The predicted octanol–water partition coefficient (Wildman–Crippen LogP) is 3.85. The Morgan fingerprint density at radius 3 is 2.75 bits per heavy atom. The van der Waals surface area contributed by atoms with Crippen molar-refractivity contribution in [3.63, 3.8) is 0 Å². The molecule has 0 aliphatic carbocycles. The van der Waals surface area contributed by atoms with Crippen molar-refractivity contribution >= 4 is 22.8 Å². The zero-order valence-corrected chi connectivity index (χ0v) is 19.6. The number of aryl methyl sites for hydroxylation is 1. The number of nitrogens with zero attached hydrogens (tertiary/aromatic N) is 6. The minimum Gasteiger partial charge on any atom is -0.494 e. The summed E-state index contributed by atoms with van der Waals surface area (Å²) >= 11 is 0. The van der Waals surface area contributed by atoms with E-state index in [4.69, 9.17) is 0 Å². The molecule has 5 rings (SSSR count). The summed E-state index contributed by atoms with van der Waals surface area (Å²) in [5, 5.41) is 25.8. The number of aliphatic imine (C=N–C) groups is 1. The molecule has 178 valence electrons. The van der Waals surface area contributed by atoms with Gasteiger partial charge in [0.15, 0.2) is 0 Å². The summed E-state index contributed by atoms with van der Waals surface area (Å²) in [6.07, 6.45) is 7.05. The van der Waals surface area contributed by atoms with Gasteiger partial charge in [-0.1, -0.05) is 30.3 Å². The largest absolute Gasteiger partial charge is 0.494 e. The maximum atomic E-state index is 13.0. The Kier molecular flexibility index (Phi) is 6.16. The lowest BCUT2D eigenvalue weighted by Gasteiger charge is -2.14. The second-order valence-corrected chi connectivity index (χ2v) is 8.43. The van der Waals surface area contributed by atoms with Gasteiger partial charge >= 0.3 is 0 Å². The van der Waals surface area contributed by atoms with E-state index in [0.717, 1.165) is 22.0 Å². The molecule has 3 aromatic heterocycles. The van der Waals surface area contributed by atoms with Gasteiger partial charge in [0, 0.05) is 29.9 Å². The van der Waals surface area contributed by atoms with Gasteiger partial charge in [-0.3, -0.25) is 14.4 Å². The van der Waals surface area contributed by atoms with E-state index in [1.54, 1.807) is 17.9 Å². The van der Waals surface area contributed by atoms with Crippen LogP contribution >= 0.6 is 0 Å². The highest BCUT2D eigenvalue weighted by atomic mass is 16.3. The van der Waals surface area contributed by atoms with Gasteiger partial charge in [0.2, 0.25) is 5.88 Å². The number of aromatic nitrogens is 5. The Labute approximate surface area is 206 Å². The van der Waals surface area contributed by atoms with Gasteiger partial charge < -0.3 is 10.1 Å². The van der Waals surface area contributed by atoms with E-state index >= 15 is 0 Å². The standard InChI is InChI=1S/C27H23N7O2/c1-18-23(12-28)26(35)34(11-10-20-13-31-25-5-3-2-4-22(20)25)27(36)24(18)14-30-21-8-6-19(7-9-21)15-33-17-29-16-32-33/h2-9,13-14,16-17,31,36H,10-11,15H2,1H3. The van der Waals surface area contributed by atoms with E-state index in [9.17, 15) is 15.2 Å². The molecular weight excluding hydrogens is 454 g/mol. The Hall–Kier alpha value is -4.97. The smallest absolute Gasteiger partial charge is 0.271 e. The molecule has 2 aromatic carbocycles. The van der Waals surface area contributed by atoms with E-state index in [1.807, 2.05) is 60.8 Å². The molecule has 0 saturated carbocycles. The number of hydrogen-bond donors (Lipinski definition) is 2. The molecule has 0 aliphatic heterocycles. The lowest BCUT2D eigenvalue weighted by atomic mass is 10.1. The van der Waals surface area contributed by atoms with Gasteiger partial charge in [0.05, 0.1) is 17.8 Å². The van der Waals surface area contributed by atoms with Crippen LogP contribution in [0.2, 0.25) is 0 Å². The first-order chi connectivity index (χ1) is 17.5. The fourth-order valence-electron chi connectivity index (χ4n) is 4.23. The van der Waals surface area contributed by atoms with Crippen LogP contribution in [0.15, 0.2) is 77.2 Å². The highest BCUT2D eigenvalue weighted by molar-refractivity contribution is 5.87. The third-order valence-electron chi connectivity index (χ3n) is 6.22. The Morgan fingerprint density at radius 2 is 2.00 bits per heavy atom. The molecule has 0 spiro atoms. The summed E-state index contributed by atoms with van der Waals surface area (Å²) in [5.41, 5.74) is 3.97. The summed E-state index contributed by atoms with van der Waals surface area (Å²) in [6.45, 7) is 2.46. The van der Waals surface area contributed by atoms with E-state index in [0.29, 0.717) is 29.8 Å². The number of hydrogen-bond acceptors (Lipinski definition) is 6. The Morgan fingerprint density at radius 1 is 1.19 bits per heavy atom. The molecule has 2 N–H and O–H groups in total. The van der Waals surface area contributed by atoms with Crippen molar-refractivity contribution in [2.24, 2.45) is 4.99 Å². The monoisotopic (exact) mass is 477 g/mol. The van der Waals surface area contributed by atoms with Crippen molar-refractivity contribution in [3.8, 4) is 11.9 Å². The van der Waals surface area contributed by atoms with E-state index in [2.05, 4.69) is 20.1 Å². The zero-order chi connectivity index (χ0) is 25.1. The van der Waals surface area contributed by atoms with Crippen molar-refractivity contribution in [1.82, 2.24) is 24.3 Å². The number of nitrogens with one attached hydrogen (secondary N) is 1. The third-order valence-corrected chi connectivity index (χ3v) is 6.22. The maximum Gasteiger partial charge on any atom is 0.271 e. The highest BCUT2D eigenvalue weighted by Crippen LogP contribution is 2.23. The summed E-state index contributed by atoms with van der Waals surface area (Å²) in [5.74, 6) is -0.206. The fourth-order valence-corrected chi connectivity index (χ4v) is 4.23. The van der Waals surface area contributed by atoms with E-state index < -0.39 is 5.56 Å². The fraction of sp³-hybridized carbons (Fsp3) is 0.148. The first kappa shape index (κ1) is 22.8. The average Bonchev–Trinajstić information content (AvgIpc) is 3.55. The first-order valence-electron chi connectivity index (χ1n) is 11.4. The number of fused-ring (bicyclic) bond motifs is 1. The van der Waals surface area contributed by atoms with Crippen molar-refractivity contribution in [1.29, 1.82) is 5.26 Å². The zero-order valence-electron chi connectivity index (χ0n) is 19.6. The van der Waals surface area contributed by atoms with Crippen LogP contribution < -0.4 is 5.56 Å². The van der Waals surface area contributed by atoms with Crippen molar-refractivity contribution in [2.45, 2.75) is 26.4 Å². The number of para-hydroxylation sites is 1. The quantitative estimate of drug-likeness (QED) is 0.345. The topological polar surface area (TPSA) is 125 Å². The van der Waals surface area contributed by atoms with Gasteiger partial charge in [-0.15, -0.1) is 0 Å². The molecule has 9 nitrogen and oxygen atoms in total. The SMILES string of the molecule is Cc1c(C=Nc2ccc(Cn3cncn3)cc2)c(O)n(CCc2c[nH]c3ccccc23)c(=O)c1C#N. The van der Waals surface area contributed by atoms with Crippen LogP contribution in [-0.2, 0) is 19.5 Å². The van der Waals surface area contributed by atoms with Gasteiger partial charge in [-0.25, -0.2) is 9.67 Å². The molecular formula is C27H23N7O2. The van der Waals surface area contributed by atoms with Gasteiger partial charge in [-0.2, -0.15) is 10.4 Å². The summed E-state index contributed by atoms with van der Waals surface area (Å²) in [6, 6.07) is 17.5. The van der Waals surface area contributed by atoms with Crippen LogP contribution in [-0.4, -0.2) is 35.6 Å². The van der Waals surface area contributed by atoms with Gasteiger partial charge in [0.1, 0.15) is 24.3 Å². The number of pyridine rings is 1. The number of benzene rings is 2. The predicted molar refractivity (Wildman–Crippen MR) is 137 cm³/mol. The van der Waals surface area contributed by atoms with E-state index in [1.165, 1.54) is 17.1 Å². The van der Waals surface area contributed by atoms with Crippen molar-refractivity contribution in [3.05, 3.63) is 106 Å². The highest BCUT2D eigenvalue weighted by Gasteiger charge is 2.18. The summed E-state index contributed by atoms with van der Waals surface area (Å²) in [7, 11) is 0. The van der Waals surface area contributed by atoms with Gasteiger partial charge in [-0.05, 0) is 48.2 Å². The van der Waals surface area contributed by atoms with Crippen LogP contribution in [0, 0.1) is 18.3 Å². The number of H-pyrrole nitrogens is 1. The van der Waals surface area contributed by atoms with Crippen LogP contribution in [0.3, 0.4) is 0 Å². The molecule has 5 aromatic rings. The van der Waals surface area contributed by atoms with Crippen LogP contribution in [0.5, 0.6) is 5.88 Å². The number of aromatic hydroxyl groups is 1. The molecule has 0 unspecified atom stereocenters. The number of nitriles is 1. The molecule has 0 amide bonds. The second kappa shape index (κ2) is 9.72. The second-order valence-electron chi connectivity index (χ2n) is 8.43. The van der Waals surface area contributed by atoms with E-state index in [-0.39, 0.29) is 18.0 Å². The Bertz CT molecular complexity index is 1650. The lowest BCUT2D eigenvalue weighted by molar-refractivity contribution is 0.404. The molecule has 0 aliphatic rings. The average molecular weight is 478 g/mol. The molecule has 0 fully saturated rings.